The number of fused-ring (bicyclic) bond motifs is 1. The van der Waals surface area contributed by atoms with Gasteiger partial charge in [-0.15, -0.1) is 0 Å². The summed E-state index contributed by atoms with van der Waals surface area (Å²) in [7, 11) is 0. The van der Waals surface area contributed by atoms with Gasteiger partial charge >= 0.3 is 0 Å². The second kappa shape index (κ2) is 2.80. The van der Waals surface area contributed by atoms with Crippen LogP contribution in [0, 0.1) is 5.92 Å². The van der Waals surface area contributed by atoms with E-state index in [1.54, 1.807) is 0 Å². The Hall–Kier alpha value is -1.44. The zero-order valence-electron chi connectivity index (χ0n) is 7.74. The van der Waals surface area contributed by atoms with Crippen molar-refractivity contribution < 1.29 is 4.79 Å². The first-order chi connectivity index (χ1) is 6.20. The summed E-state index contributed by atoms with van der Waals surface area (Å²) in [4.78, 5) is 15.4. The molecule has 1 aromatic rings. The Labute approximate surface area is 77.3 Å². The van der Waals surface area contributed by atoms with E-state index in [-0.39, 0.29) is 5.91 Å². The molecule has 0 atom stereocenters. The summed E-state index contributed by atoms with van der Waals surface area (Å²) >= 11 is 0. The van der Waals surface area contributed by atoms with Gasteiger partial charge in [0.25, 0.3) is 5.91 Å². The fourth-order valence-electron chi connectivity index (χ4n) is 1.56. The quantitative estimate of drug-likeness (QED) is 0.640. The van der Waals surface area contributed by atoms with Crippen molar-refractivity contribution in [2.45, 2.75) is 13.8 Å². The van der Waals surface area contributed by atoms with Crippen molar-refractivity contribution in [3.05, 3.63) is 35.4 Å². The van der Waals surface area contributed by atoms with Gasteiger partial charge in [0.05, 0.1) is 11.3 Å². The van der Waals surface area contributed by atoms with Crippen LogP contribution in [0.15, 0.2) is 29.3 Å². The van der Waals surface area contributed by atoms with Crippen molar-refractivity contribution >= 4 is 11.6 Å². The van der Waals surface area contributed by atoms with Crippen LogP contribution in [0.25, 0.3) is 0 Å². The Morgan fingerprint density at radius 3 is 2.38 bits per heavy atom. The van der Waals surface area contributed by atoms with Gasteiger partial charge in [-0.2, -0.15) is 0 Å². The normalized spacial score (nSPS) is 14.7. The maximum Gasteiger partial charge on any atom is 0.277 e. The molecule has 0 unspecified atom stereocenters. The minimum Gasteiger partial charge on any atom is -0.267 e. The van der Waals surface area contributed by atoms with Crippen molar-refractivity contribution in [1.82, 2.24) is 0 Å². The summed E-state index contributed by atoms with van der Waals surface area (Å²) < 4.78 is 0. The molecule has 0 saturated heterocycles. The average Bonchev–Trinajstić information content (AvgIpc) is 2.45. The van der Waals surface area contributed by atoms with Gasteiger partial charge in [-0.05, 0) is 12.0 Å². The van der Waals surface area contributed by atoms with Crippen molar-refractivity contribution in [2.75, 3.05) is 0 Å². The number of hydrogen-bond donors (Lipinski definition) is 0. The van der Waals surface area contributed by atoms with Crippen LogP contribution in [0.2, 0.25) is 0 Å². The molecule has 1 aliphatic heterocycles. The molecule has 0 N–H and O–H groups in total. The molecule has 0 aromatic heterocycles. The minimum atomic E-state index is -0.0979. The first kappa shape index (κ1) is 8.17. The summed E-state index contributed by atoms with van der Waals surface area (Å²) in [6, 6.07) is 7.60. The number of amides is 1. The van der Waals surface area contributed by atoms with Gasteiger partial charge < -0.3 is 0 Å². The van der Waals surface area contributed by atoms with Crippen molar-refractivity contribution in [3.8, 4) is 0 Å². The first-order valence-corrected chi connectivity index (χ1v) is 4.42. The van der Waals surface area contributed by atoms with Crippen LogP contribution in [0.5, 0.6) is 0 Å². The minimum absolute atomic E-state index is 0.0979. The summed E-state index contributed by atoms with van der Waals surface area (Å²) in [5, 5.41) is 0. The van der Waals surface area contributed by atoms with Gasteiger partial charge in [0, 0.05) is 5.56 Å². The highest BCUT2D eigenvalue weighted by atomic mass is 16.1. The fraction of sp³-hybridized carbons (Fsp3) is 0.273. The fourth-order valence-corrected chi connectivity index (χ4v) is 1.56. The van der Waals surface area contributed by atoms with Gasteiger partial charge in [0.15, 0.2) is 0 Å². The lowest BCUT2D eigenvalue weighted by atomic mass is 9.98. The lowest BCUT2D eigenvalue weighted by molar-refractivity contribution is 0.101. The predicted octanol–water partition coefficient (Wildman–Crippen LogP) is 2.29. The number of aliphatic imine (C=N–C) groups is 1. The van der Waals surface area contributed by atoms with Gasteiger partial charge in [-0.25, -0.2) is 4.99 Å². The third-order valence-corrected chi connectivity index (χ3v) is 2.20. The first-order valence-electron chi connectivity index (χ1n) is 4.42. The smallest absolute Gasteiger partial charge is 0.267 e. The Balaban J connectivity index is 2.58. The van der Waals surface area contributed by atoms with Crippen molar-refractivity contribution in [3.63, 3.8) is 0 Å². The van der Waals surface area contributed by atoms with Crippen LogP contribution in [0.1, 0.15) is 29.8 Å². The van der Waals surface area contributed by atoms with E-state index < -0.39 is 0 Å². The van der Waals surface area contributed by atoms with E-state index >= 15 is 0 Å². The van der Waals surface area contributed by atoms with E-state index in [0.717, 1.165) is 16.8 Å². The van der Waals surface area contributed by atoms with Crippen LogP contribution in [-0.2, 0) is 0 Å². The average molecular weight is 173 g/mol. The molecule has 0 fully saturated rings. The molecule has 13 heavy (non-hydrogen) atoms. The van der Waals surface area contributed by atoms with Crippen molar-refractivity contribution in [1.29, 1.82) is 0 Å². The molecule has 1 heterocycles. The van der Waals surface area contributed by atoms with E-state index in [0.29, 0.717) is 5.92 Å². The zero-order valence-corrected chi connectivity index (χ0v) is 7.74. The van der Waals surface area contributed by atoms with Crippen LogP contribution >= 0.6 is 0 Å². The maximum atomic E-state index is 11.4. The highest BCUT2D eigenvalue weighted by molar-refractivity contribution is 6.21. The lowest BCUT2D eigenvalue weighted by Crippen LogP contribution is -2.06. The van der Waals surface area contributed by atoms with E-state index in [1.807, 2.05) is 38.1 Å². The van der Waals surface area contributed by atoms with Crippen molar-refractivity contribution in [2.24, 2.45) is 10.9 Å². The second-order valence-electron chi connectivity index (χ2n) is 3.50. The number of carbonyl (C=O) groups is 1. The molecule has 2 heteroatoms. The molecule has 0 spiro atoms. The third kappa shape index (κ3) is 1.18. The number of rotatable bonds is 1. The summed E-state index contributed by atoms with van der Waals surface area (Å²) in [5.74, 6) is 0.215. The number of nitrogens with zero attached hydrogens (tertiary/aromatic N) is 1. The Morgan fingerprint density at radius 1 is 1.15 bits per heavy atom. The lowest BCUT2D eigenvalue weighted by Gasteiger charge is -2.04. The van der Waals surface area contributed by atoms with Crippen LogP contribution in [0.3, 0.4) is 0 Å². The molecule has 0 bridgehead atoms. The van der Waals surface area contributed by atoms with E-state index in [2.05, 4.69) is 4.99 Å². The van der Waals surface area contributed by atoms with Gasteiger partial charge in [-0.3, -0.25) is 4.79 Å². The maximum absolute atomic E-state index is 11.4. The summed E-state index contributed by atoms with van der Waals surface area (Å²) in [5.41, 5.74) is 2.66. The third-order valence-electron chi connectivity index (χ3n) is 2.20. The second-order valence-corrected chi connectivity index (χ2v) is 3.50. The molecule has 0 aliphatic carbocycles. The molecule has 0 saturated carbocycles. The SMILES string of the molecule is CC(C)C1=NC(=O)c2ccccc21. The molecule has 2 nitrogen and oxygen atoms in total. The molecular formula is C11H11NO. The van der Waals surface area contributed by atoms with Gasteiger partial charge in [0.1, 0.15) is 0 Å². The number of benzene rings is 1. The Morgan fingerprint density at radius 2 is 1.77 bits per heavy atom. The van der Waals surface area contributed by atoms with Crippen LogP contribution in [0.4, 0.5) is 0 Å². The summed E-state index contributed by atoms with van der Waals surface area (Å²) in [6.07, 6.45) is 0. The molecule has 2 rings (SSSR count). The number of hydrogen-bond acceptors (Lipinski definition) is 1. The number of carbonyl (C=O) groups excluding carboxylic acids is 1. The van der Waals surface area contributed by atoms with Crippen LogP contribution in [-0.4, -0.2) is 11.6 Å². The zero-order chi connectivity index (χ0) is 9.42. The summed E-state index contributed by atoms with van der Waals surface area (Å²) in [6.45, 7) is 4.10. The Kier molecular flexibility index (Phi) is 1.76. The topological polar surface area (TPSA) is 29.4 Å². The molecule has 0 radical (unpaired) electrons. The predicted molar refractivity (Wildman–Crippen MR) is 52.1 cm³/mol. The molecular weight excluding hydrogens is 162 g/mol. The highest BCUT2D eigenvalue weighted by Crippen LogP contribution is 2.22. The van der Waals surface area contributed by atoms with E-state index in [1.165, 1.54) is 0 Å². The molecule has 1 aromatic carbocycles. The van der Waals surface area contributed by atoms with Gasteiger partial charge in [0.2, 0.25) is 0 Å². The molecule has 1 aliphatic rings. The van der Waals surface area contributed by atoms with E-state index in [4.69, 9.17) is 0 Å². The molecule has 1 amide bonds. The monoisotopic (exact) mass is 173 g/mol. The van der Waals surface area contributed by atoms with Crippen LogP contribution < -0.4 is 0 Å². The van der Waals surface area contributed by atoms with E-state index in [9.17, 15) is 4.79 Å². The molecule has 66 valence electrons. The standard InChI is InChI=1S/C11H11NO/c1-7(2)10-8-5-3-4-6-9(8)11(13)12-10/h3-7H,1-2H3. The Bertz CT molecular complexity index is 391. The highest BCUT2D eigenvalue weighted by Gasteiger charge is 2.23. The largest absolute Gasteiger partial charge is 0.277 e. The van der Waals surface area contributed by atoms with Gasteiger partial charge in [-0.1, -0.05) is 32.0 Å².